The Morgan fingerprint density at radius 3 is 2.55 bits per heavy atom. The van der Waals surface area contributed by atoms with Gasteiger partial charge in [-0.3, -0.25) is 19.7 Å². The number of nitro groups is 1. The molecule has 176 valence electrons. The smallest absolute Gasteiger partial charge is 0.324 e. The zero-order valence-corrected chi connectivity index (χ0v) is 18.8. The van der Waals surface area contributed by atoms with Gasteiger partial charge in [-0.25, -0.2) is 8.42 Å². The van der Waals surface area contributed by atoms with Crippen LogP contribution in [0, 0.1) is 17.0 Å². The van der Waals surface area contributed by atoms with Crippen LogP contribution in [-0.2, 0) is 24.3 Å². The summed E-state index contributed by atoms with van der Waals surface area (Å²) in [5, 5.41) is 13.5. The highest BCUT2D eigenvalue weighted by molar-refractivity contribution is 7.89. The van der Waals surface area contributed by atoms with Crippen molar-refractivity contribution in [1.82, 2.24) is 4.31 Å². The Morgan fingerprint density at radius 2 is 1.91 bits per heavy atom. The van der Waals surface area contributed by atoms with E-state index in [0.29, 0.717) is 6.42 Å². The van der Waals surface area contributed by atoms with E-state index in [-0.39, 0.29) is 35.0 Å². The van der Waals surface area contributed by atoms with Gasteiger partial charge < -0.3 is 14.8 Å². The van der Waals surface area contributed by atoms with Gasteiger partial charge in [0.25, 0.3) is 11.6 Å². The summed E-state index contributed by atoms with van der Waals surface area (Å²) in [4.78, 5) is 35.4. The van der Waals surface area contributed by atoms with Gasteiger partial charge in [0, 0.05) is 6.54 Å². The van der Waals surface area contributed by atoms with E-state index in [0.717, 1.165) is 15.9 Å². The third-order valence-electron chi connectivity index (χ3n) is 5.12. The lowest BCUT2D eigenvalue weighted by Gasteiger charge is -2.22. The van der Waals surface area contributed by atoms with E-state index in [1.54, 1.807) is 12.1 Å². The maximum absolute atomic E-state index is 13.0. The van der Waals surface area contributed by atoms with Crippen LogP contribution in [0.15, 0.2) is 47.4 Å². The molecular formula is C21H23N3O8S. The van der Waals surface area contributed by atoms with Crippen molar-refractivity contribution < 1.29 is 32.4 Å². The zero-order valence-electron chi connectivity index (χ0n) is 18.0. The quantitative estimate of drug-likeness (QED) is 0.346. The van der Waals surface area contributed by atoms with Gasteiger partial charge in [0.15, 0.2) is 6.61 Å². The van der Waals surface area contributed by atoms with Gasteiger partial charge in [-0.2, -0.15) is 4.31 Å². The number of amides is 1. The number of carbonyl (C=O) groups excluding carboxylic acids is 2. The third-order valence-corrected chi connectivity index (χ3v) is 7.05. The van der Waals surface area contributed by atoms with Crippen LogP contribution in [0.25, 0.3) is 0 Å². The van der Waals surface area contributed by atoms with Gasteiger partial charge in [0.05, 0.1) is 23.0 Å². The number of hydrogen-bond acceptors (Lipinski definition) is 8. The minimum Gasteiger partial charge on any atom is -0.496 e. The Balaban J connectivity index is 1.65. The molecule has 0 aliphatic carbocycles. The lowest BCUT2D eigenvalue weighted by atomic mass is 10.2. The minimum absolute atomic E-state index is 0.0670. The van der Waals surface area contributed by atoms with Crippen LogP contribution in [-0.4, -0.2) is 55.8 Å². The van der Waals surface area contributed by atoms with Crippen molar-refractivity contribution in [1.29, 1.82) is 0 Å². The van der Waals surface area contributed by atoms with E-state index in [1.165, 1.54) is 31.4 Å². The summed E-state index contributed by atoms with van der Waals surface area (Å²) in [5.74, 6) is -1.42. The first kappa shape index (κ1) is 24.1. The van der Waals surface area contributed by atoms with Crippen LogP contribution in [0.1, 0.15) is 18.4 Å². The highest BCUT2D eigenvalue weighted by Crippen LogP contribution is 2.29. The molecule has 0 saturated carbocycles. The number of sulfonamides is 1. The minimum atomic E-state index is -3.91. The molecule has 0 aromatic heterocycles. The molecule has 1 fully saturated rings. The van der Waals surface area contributed by atoms with Gasteiger partial charge in [-0.1, -0.05) is 17.7 Å². The lowest BCUT2D eigenvalue weighted by molar-refractivity contribution is -0.384. The number of methoxy groups -OCH3 is 1. The molecule has 1 aliphatic rings. The molecule has 1 amide bonds. The average molecular weight is 477 g/mol. The van der Waals surface area contributed by atoms with Crippen molar-refractivity contribution in [2.24, 2.45) is 0 Å². The number of ether oxygens (including phenoxy) is 2. The number of nitrogens with zero attached hydrogens (tertiary/aromatic N) is 2. The van der Waals surface area contributed by atoms with Gasteiger partial charge in [0.2, 0.25) is 10.0 Å². The number of benzene rings is 2. The molecule has 2 aromatic carbocycles. The number of rotatable bonds is 8. The second-order valence-corrected chi connectivity index (χ2v) is 9.27. The Kier molecular flexibility index (Phi) is 7.29. The van der Waals surface area contributed by atoms with Crippen LogP contribution in [0.2, 0.25) is 0 Å². The molecule has 1 N–H and O–H groups in total. The highest BCUT2D eigenvalue weighted by Gasteiger charge is 2.40. The lowest BCUT2D eigenvalue weighted by Crippen LogP contribution is -2.42. The van der Waals surface area contributed by atoms with Crippen molar-refractivity contribution >= 4 is 33.3 Å². The average Bonchev–Trinajstić information content (AvgIpc) is 3.29. The first-order valence-corrected chi connectivity index (χ1v) is 11.4. The Bertz CT molecular complexity index is 1160. The second kappa shape index (κ2) is 9.96. The zero-order chi connectivity index (χ0) is 24.2. The molecule has 33 heavy (non-hydrogen) atoms. The standard InChI is InChI=1S/C21H23N3O8S/c1-14-5-8-16(9-6-14)33(29,30)23-11-3-4-18(23)21(26)32-13-20(25)22-17-10-7-15(31-2)12-19(17)24(27)28/h5-10,12,18H,3-4,11,13H2,1-2H3,(H,22,25). The topological polar surface area (TPSA) is 145 Å². The molecule has 2 aromatic rings. The molecule has 1 heterocycles. The maximum atomic E-state index is 13.0. The predicted octanol–water partition coefficient (Wildman–Crippen LogP) is 2.25. The normalized spacial score (nSPS) is 16.2. The molecule has 0 radical (unpaired) electrons. The largest absolute Gasteiger partial charge is 0.496 e. The summed E-state index contributed by atoms with van der Waals surface area (Å²) in [6.45, 7) is 1.26. The van der Waals surface area contributed by atoms with Crippen LogP contribution in [0.3, 0.4) is 0 Å². The molecule has 0 spiro atoms. The Hall–Kier alpha value is -3.51. The van der Waals surface area contributed by atoms with Crippen molar-refractivity contribution in [2.45, 2.75) is 30.7 Å². The molecule has 1 unspecified atom stereocenters. The fourth-order valence-corrected chi connectivity index (χ4v) is 5.07. The summed E-state index contributed by atoms with van der Waals surface area (Å²) >= 11 is 0. The van der Waals surface area contributed by atoms with Crippen LogP contribution < -0.4 is 10.1 Å². The SMILES string of the molecule is COc1ccc(NC(=O)COC(=O)C2CCCN2S(=O)(=O)c2ccc(C)cc2)c([N+](=O)[O-])c1. The molecule has 3 rings (SSSR count). The number of nitrogens with one attached hydrogen (secondary N) is 1. The number of esters is 1. The maximum Gasteiger partial charge on any atom is 0.324 e. The van der Waals surface area contributed by atoms with E-state index >= 15 is 0 Å². The first-order chi connectivity index (χ1) is 15.6. The number of hydrogen-bond donors (Lipinski definition) is 1. The highest BCUT2D eigenvalue weighted by atomic mass is 32.2. The third kappa shape index (κ3) is 5.46. The molecule has 1 aliphatic heterocycles. The van der Waals surface area contributed by atoms with Crippen molar-refractivity contribution in [3.8, 4) is 5.75 Å². The first-order valence-electron chi connectivity index (χ1n) is 10.0. The fourth-order valence-electron chi connectivity index (χ4n) is 3.42. The molecule has 1 atom stereocenters. The molecule has 11 nitrogen and oxygen atoms in total. The van der Waals surface area contributed by atoms with E-state index in [1.807, 2.05) is 6.92 Å². The molecular weight excluding hydrogens is 454 g/mol. The number of nitro benzene ring substituents is 1. The second-order valence-electron chi connectivity index (χ2n) is 7.38. The van der Waals surface area contributed by atoms with Gasteiger partial charge in [0.1, 0.15) is 17.5 Å². The number of aryl methyl sites for hydroxylation is 1. The molecule has 1 saturated heterocycles. The summed E-state index contributed by atoms with van der Waals surface area (Å²) in [6, 6.07) is 9.09. The Morgan fingerprint density at radius 1 is 1.21 bits per heavy atom. The molecule has 12 heteroatoms. The monoisotopic (exact) mass is 477 g/mol. The van der Waals surface area contributed by atoms with Crippen LogP contribution in [0.5, 0.6) is 5.75 Å². The van der Waals surface area contributed by atoms with Gasteiger partial charge in [-0.15, -0.1) is 0 Å². The van der Waals surface area contributed by atoms with E-state index in [4.69, 9.17) is 9.47 Å². The number of carbonyl (C=O) groups is 2. The molecule has 0 bridgehead atoms. The van der Waals surface area contributed by atoms with Crippen molar-refractivity contribution in [3.05, 3.63) is 58.1 Å². The summed E-state index contributed by atoms with van der Waals surface area (Å²) in [7, 11) is -2.56. The van der Waals surface area contributed by atoms with Crippen LogP contribution >= 0.6 is 0 Å². The van der Waals surface area contributed by atoms with Crippen molar-refractivity contribution in [2.75, 3.05) is 25.6 Å². The van der Waals surface area contributed by atoms with Gasteiger partial charge in [-0.05, 0) is 44.0 Å². The van der Waals surface area contributed by atoms with E-state index in [9.17, 15) is 28.1 Å². The predicted molar refractivity (Wildman–Crippen MR) is 117 cm³/mol. The van der Waals surface area contributed by atoms with E-state index in [2.05, 4.69) is 5.32 Å². The number of anilines is 1. The summed E-state index contributed by atoms with van der Waals surface area (Å²) < 4.78 is 37.0. The Labute approximate surface area is 190 Å². The van der Waals surface area contributed by atoms with Crippen molar-refractivity contribution in [3.63, 3.8) is 0 Å². The summed E-state index contributed by atoms with van der Waals surface area (Å²) in [5.41, 5.74) is 0.418. The summed E-state index contributed by atoms with van der Waals surface area (Å²) in [6.07, 6.45) is 0.727. The van der Waals surface area contributed by atoms with Gasteiger partial charge >= 0.3 is 5.97 Å². The van der Waals surface area contributed by atoms with E-state index < -0.39 is 39.5 Å². The van der Waals surface area contributed by atoms with Crippen LogP contribution in [0.4, 0.5) is 11.4 Å². The fraction of sp³-hybridized carbons (Fsp3) is 0.333.